The molecule has 0 fully saturated rings. The van der Waals surface area contributed by atoms with Gasteiger partial charge in [0.15, 0.2) is 16.7 Å². The number of amidine groups is 1. The van der Waals surface area contributed by atoms with E-state index in [1.54, 1.807) is 14.0 Å². The molecule has 2 aliphatic heterocycles. The Bertz CT molecular complexity index is 1120. The van der Waals surface area contributed by atoms with Crippen molar-refractivity contribution in [1.82, 2.24) is 4.90 Å². The zero-order valence-electron chi connectivity index (χ0n) is 18.6. The van der Waals surface area contributed by atoms with Crippen LogP contribution in [-0.2, 0) is 16.1 Å². The molecule has 4 rings (SSSR count). The van der Waals surface area contributed by atoms with Crippen LogP contribution >= 0.6 is 11.8 Å². The van der Waals surface area contributed by atoms with E-state index < -0.39 is 0 Å². The summed E-state index contributed by atoms with van der Waals surface area (Å²) in [6.45, 7) is 6.45. The summed E-state index contributed by atoms with van der Waals surface area (Å²) in [4.78, 5) is 19.4. The molecule has 2 aliphatic rings. The minimum atomic E-state index is -0.359. The highest BCUT2D eigenvalue weighted by Gasteiger charge is 2.37. The molecule has 0 spiro atoms. The standard InChI is InChI=1S/C25H26N2O4S/c1-5-30-24(28)22-17(3)26-25-27(11-12-32-25)23(22)19-9-10-20(21(14-19)29-4)31-15-18-8-6-7-16(2)13-18/h6-14,23H,5,15H2,1-4H3/t23-/m1/s1. The van der Waals surface area contributed by atoms with Gasteiger partial charge in [0, 0.05) is 6.20 Å². The number of rotatable bonds is 7. The number of methoxy groups -OCH3 is 1. The van der Waals surface area contributed by atoms with Crippen LogP contribution in [0.15, 0.2) is 70.3 Å². The van der Waals surface area contributed by atoms with Crippen molar-refractivity contribution in [3.8, 4) is 11.5 Å². The molecule has 0 saturated heterocycles. The molecule has 0 unspecified atom stereocenters. The molecule has 7 heteroatoms. The number of carbonyl (C=O) groups is 1. The molecule has 0 aromatic heterocycles. The normalized spacial score (nSPS) is 17.2. The molecule has 0 saturated carbocycles. The number of carbonyl (C=O) groups excluding carboxylic acids is 1. The lowest BCUT2D eigenvalue weighted by Crippen LogP contribution is -2.34. The molecular weight excluding hydrogens is 424 g/mol. The summed E-state index contributed by atoms with van der Waals surface area (Å²) in [6, 6.07) is 13.6. The van der Waals surface area contributed by atoms with Crippen molar-refractivity contribution in [2.75, 3.05) is 13.7 Å². The van der Waals surface area contributed by atoms with E-state index in [0.717, 1.165) is 16.3 Å². The highest BCUT2D eigenvalue weighted by atomic mass is 32.2. The van der Waals surface area contributed by atoms with Crippen molar-refractivity contribution in [2.45, 2.75) is 33.4 Å². The molecule has 6 nitrogen and oxygen atoms in total. The van der Waals surface area contributed by atoms with Gasteiger partial charge in [-0.1, -0.05) is 47.7 Å². The van der Waals surface area contributed by atoms with Crippen molar-refractivity contribution in [2.24, 2.45) is 4.99 Å². The van der Waals surface area contributed by atoms with Gasteiger partial charge in [-0.05, 0) is 49.4 Å². The highest BCUT2D eigenvalue weighted by molar-refractivity contribution is 8.16. The number of thioether (sulfide) groups is 1. The van der Waals surface area contributed by atoms with Crippen LogP contribution in [-0.4, -0.2) is 29.8 Å². The number of nitrogens with zero attached hydrogens (tertiary/aromatic N) is 2. The molecule has 32 heavy (non-hydrogen) atoms. The smallest absolute Gasteiger partial charge is 0.338 e. The van der Waals surface area contributed by atoms with E-state index in [9.17, 15) is 4.79 Å². The van der Waals surface area contributed by atoms with Gasteiger partial charge < -0.3 is 19.1 Å². The van der Waals surface area contributed by atoms with Gasteiger partial charge in [-0.25, -0.2) is 9.79 Å². The van der Waals surface area contributed by atoms with E-state index in [1.165, 1.54) is 17.3 Å². The minimum absolute atomic E-state index is 0.304. The molecule has 2 heterocycles. The maximum Gasteiger partial charge on any atom is 0.338 e. The van der Waals surface area contributed by atoms with E-state index in [1.807, 2.05) is 53.8 Å². The maximum atomic E-state index is 12.8. The number of aliphatic imine (C=N–C) groups is 1. The Kier molecular flexibility index (Phi) is 6.55. The summed E-state index contributed by atoms with van der Waals surface area (Å²) in [5.74, 6) is 0.893. The number of aryl methyl sites for hydroxylation is 1. The Balaban J connectivity index is 1.66. The highest BCUT2D eigenvalue weighted by Crippen LogP contribution is 2.43. The number of ether oxygens (including phenoxy) is 3. The summed E-state index contributed by atoms with van der Waals surface area (Å²) < 4.78 is 17.0. The monoisotopic (exact) mass is 450 g/mol. The Hall–Kier alpha value is -3.19. The summed E-state index contributed by atoms with van der Waals surface area (Å²) in [5, 5.41) is 2.79. The van der Waals surface area contributed by atoms with Crippen LogP contribution in [0.5, 0.6) is 11.5 Å². The van der Waals surface area contributed by atoms with Crippen LogP contribution in [0.3, 0.4) is 0 Å². The van der Waals surface area contributed by atoms with E-state index in [0.29, 0.717) is 36.0 Å². The first kappa shape index (κ1) is 22.0. The SMILES string of the molecule is CCOC(=O)C1=C(C)N=C2SC=CN2[C@@H]1c1ccc(OCc2cccc(C)c2)c(OC)c1. The van der Waals surface area contributed by atoms with Gasteiger partial charge in [-0.2, -0.15) is 0 Å². The second-order valence-corrected chi connectivity index (χ2v) is 8.39. The predicted octanol–water partition coefficient (Wildman–Crippen LogP) is 5.35. The third-order valence-electron chi connectivity index (χ3n) is 5.30. The summed E-state index contributed by atoms with van der Waals surface area (Å²) in [7, 11) is 1.62. The molecule has 0 amide bonds. The lowest BCUT2D eigenvalue weighted by Gasteiger charge is -2.33. The van der Waals surface area contributed by atoms with E-state index in [4.69, 9.17) is 14.2 Å². The fourth-order valence-corrected chi connectivity index (χ4v) is 4.63. The lowest BCUT2D eigenvalue weighted by molar-refractivity contribution is -0.139. The average Bonchev–Trinajstić information content (AvgIpc) is 3.25. The molecule has 0 bridgehead atoms. The lowest BCUT2D eigenvalue weighted by atomic mass is 9.94. The Morgan fingerprint density at radius 1 is 1.16 bits per heavy atom. The Labute approximate surface area is 192 Å². The number of esters is 1. The van der Waals surface area contributed by atoms with Crippen LogP contribution in [0.25, 0.3) is 0 Å². The summed E-state index contributed by atoms with van der Waals surface area (Å²) in [6.07, 6.45) is 1.94. The summed E-state index contributed by atoms with van der Waals surface area (Å²) in [5.41, 5.74) is 4.36. The summed E-state index contributed by atoms with van der Waals surface area (Å²) >= 11 is 1.53. The number of benzene rings is 2. The molecule has 166 valence electrons. The number of fused-ring (bicyclic) bond motifs is 1. The predicted molar refractivity (Wildman–Crippen MR) is 127 cm³/mol. The van der Waals surface area contributed by atoms with Gasteiger partial charge in [0.05, 0.1) is 31.0 Å². The van der Waals surface area contributed by atoms with Crippen LogP contribution < -0.4 is 9.47 Å². The quantitative estimate of drug-likeness (QED) is 0.530. The van der Waals surface area contributed by atoms with Gasteiger partial charge in [0.1, 0.15) is 6.61 Å². The third kappa shape index (κ3) is 4.39. The molecular formula is C25H26N2O4S. The van der Waals surface area contributed by atoms with Gasteiger partial charge in [0.2, 0.25) is 0 Å². The second-order valence-electron chi connectivity index (χ2n) is 7.51. The zero-order valence-corrected chi connectivity index (χ0v) is 19.4. The number of hydrogen-bond donors (Lipinski definition) is 0. The van der Waals surface area contributed by atoms with Crippen molar-refractivity contribution >= 4 is 22.9 Å². The first-order valence-corrected chi connectivity index (χ1v) is 11.3. The Morgan fingerprint density at radius 3 is 2.75 bits per heavy atom. The van der Waals surface area contributed by atoms with Crippen LogP contribution in [0.1, 0.15) is 36.6 Å². The fourth-order valence-electron chi connectivity index (χ4n) is 3.83. The first-order chi connectivity index (χ1) is 15.5. The first-order valence-electron chi connectivity index (χ1n) is 10.5. The van der Waals surface area contributed by atoms with Gasteiger partial charge >= 0.3 is 5.97 Å². The van der Waals surface area contributed by atoms with Gasteiger partial charge in [-0.15, -0.1) is 0 Å². The molecule has 2 aromatic rings. The Morgan fingerprint density at radius 2 is 2.00 bits per heavy atom. The van der Waals surface area contributed by atoms with Crippen LogP contribution in [0.4, 0.5) is 0 Å². The topological polar surface area (TPSA) is 60.4 Å². The van der Waals surface area contributed by atoms with Crippen molar-refractivity contribution < 1.29 is 19.0 Å². The van der Waals surface area contributed by atoms with Crippen molar-refractivity contribution in [3.63, 3.8) is 0 Å². The van der Waals surface area contributed by atoms with Crippen LogP contribution in [0.2, 0.25) is 0 Å². The van der Waals surface area contributed by atoms with Crippen molar-refractivity contribution in [3.05, 3.63) is 82.0 Å². The zero-order chi connectivity index (χ0) is 22.7. The molecule has 1 atom stereocenters. The van der Waals surface area contributed by atoms with E-state index in [2.05, 4.69) is 24.0 Å². The largest absolute Gasteiger partial charge is 0.493 e. The van der Waals surface area contributed by atoms with E-state index in [-0.39, 0.29) is 12.0 Å². The van der Waals surface area contributed by atoms with Crippen molar-refractivity contribution in [1.29, 1.82) is 0 Å². The second kappa shape index (κ2) is 9.53. The minimum Gasteiger partial charge on any atom is -0.493 e. The number of hydrogen-bond acceptors (Lipinski definition) is 7. The fraction of sp³-hybridized carbons (Fsp3) is 0.280. The van der Waals surface area contributed by atoms with Gasteiger partial charge in [-0.3, -0.25) is 0 Å². The average molecular weight is 451 g/mol. The molecule has 2 aromatic carbocycles. The molecule has 0 radical (unpaired) electrons. The van der Waals surface area contributed by atoms with Gasteiger partial charge in [0.25, 0.3) is 0 Å². The number of allylic oxidation sites excluding steroid dienone is 1. The van der Waals surface area contributed by atoms with E-state index >= 15 is 0 Å². The third-order valence-corrected chi connectivity index (χ3v) is 6.07. The molecule has 0 aliphatic carbocycles. The molecule has 0 N–H and O–H groups in total. The van der Waals surface area contributed by atoms with Crippen LogP contribution in [0, 0.1) is 6.92 Å². The maximum absolute atomic E-state index is 12.8.